The molecule has 0 saturated heterocycles. The number of halogens is 4. The van der Waals surface area contributed by atoms with Gasteiger partial charge in [-0.25, -0.2) is 15.3 Å². The summed E-state index contributed by atoms with van der Waals surface area (Å²) in [6, 6.07) is 7.78. The third kappa shape index (κ3) is 5.51. The quantitative estimate of drug-likeness (QED) is 0.319. The first-order chi connectivity index (χ1) is 12.7. The molecule has 2 aromatic carbocycles. The lowest BCUT2D eigenvalue weighted by atomic mass is 10.1. The molecule has 27 heavy (non-hydrogen) atoms. The minimum atomic E-state index is -4.98. The highest BCUT2D eigenvalue weighted by molar-refractivity contribution is 5.97. The molecule has 0 saturated carbocycles. The number of alkyl halides is 3. The Morgan fingerprint density at radius 2 is 1.81 bits per heavy atom. The van der Waals surface area contributed by atoms with Crippen LogP contribution in [0, 0.1) is 5.82 Å². The molecular weight excluding hydrogens is 374 g/mol. The van der Waals surface area contributed by atoms with Crippen LogP contribution < -0.4 is 15.6 Å². The number of rotatable bonds is 5. The summed E-state index contributed by atoms with van der Waals surface area (Å²) in [5, 5.41) is 11.9. The fraction of sp³-hybridized carbons (Fsp3) is 0.0625. The topological polar surface area (TPSA) is 100 Å². The van der Waals surface area contributed by atoms with Crippen molar-refractivity contribution in [2.75, 3.05) is 0 Å². The molecule has 2 rings (SSSR count). The highest BCUT2D eigenvalue weighted by atomic mass is 19.4. The summed E-state index contributed by atoms with van der Waals surface area (Å²) in [4.78, 5) is 23.1. The monoisotopic (exact) mass is 385 g/mol. The van der Waals surface area contributed by atoms with Crippen LogP contribution in [0.15, 0.2) is 47.6 Å². The molecule has 0 aromatic heterocycles. The van der Waals surface area contributed by atoms with Crippen molar-refractivity contribution in [3.05, 3.63) is 65.0 Å². The number of hydrogen-bond acceptors (Lipinski definition) is 5. The summed E-state index contributed by atoms with van der Waals surface area (Å²) in [5.41, 5.74) is 2.58. The first kappa shape index (κ1) is 19.8. The molecule has 7 nitrogen and oxygen atoms in total. The van der Waals surface area contributed by atoms with Crippen molar-refractivity contribution in [2.45, 2.75) is 6.36 Å². The number of amides is 2. The normalized spacial score (nSPS) is 11.3. The largest absolute Gasteiger partial charge is 0.573 e. The molecule has 0 fully saturated rings. The fourth-order valence-electron chi connectivity index (χ4n) is 1.93. The zero-order valence-corrected chi connectivity index (χ0v) is 13.2. The lowest BCUT2D eigenvalue weighted by Gasteiger charge is -2.11. The van der Waals surface area contributed by atoms with Crippen LogP contribution in [0.25, 0.3) is 0 Å². The van der Waals surface area contributed by atoms with E-state index in [1.165, 1.54) is 23.7 Å². The number of nitrogens with zero attached hydrogens (tertiary/aromatic N) is 1. The third-order valence-corrected chi connectivity index (χ3v) is 3.09. The van der Waals surface area contributed by atoms with Gasteiger partial charge < -0.3 is 4.74 Å². The second-order valence-corrected chi connectivity index (χ2v) is 4.92. The van der Waals surface area contributed by atoms with E-state index >= 15 is 0 Å². The van der Waals surface area contributed by atoms with Crippen LogP contribution in [-0.4, -0.2) is 29.6 Å². The number of hydroxylamine groups is 1. The Morgan fingerprint density at radius 3 is 2.44 bits per heavy atom. The van der Waals surface area contributed by atoms with Gasteiger partial charge in [0, 0.05) is 11.1 Å². The molecule has 2 amide bonds. The second kappa shape index (κ2) is 8.27. The number of carbonyl (C=O) groups is 2. The van der Waals surface area contributed by atoms with Crippen LogP contribution in [0.5, 0.6) is 5.75 Å². The number of benzene rings is 2. The van der Waals surface area contributed by atoms with Crippen molar-refractivity contribution in [3.8, 4) is 5.75 Å². The van der Waals surface area contributed by atoms with Crippen molar-refractivity contribution in [1.82, 2.24) is 10.9 Å². The van der Waals surface area contributed by atoms with Crippen LogP contribution in [0.3, 0.4) is 0 Å². The van der Waals surface area contributed by atoms with E-state index in [9.17, 15) is 27.2 Å². The molecule has 0 heterocycles. The fourth-order valence-corrected chi connectivity index (χ4v) is 1.93. The molecule has 0 spiro atoms. The summed E-state index contributed by atoms with van der Waals surface area (Å²) < 4.78 is 54.6. The molecule has 0 bridgehead atoms. The number of hydrazone groups is 1. The van der Waals surface area contributed by atoms with Crippen molar-refractivity contribution in [2.24, 2.45) is 5.10 Å². The van der Waals surface area contributed by atoms with Gasteiger partial charge in [0.05, 0.1) is 11.8 Å². The molecule has 0 aliphatic heterocycles. The Morgan fingerprint density at radius 1 is 1.11 bits per heavy atom. The Hall–Kier alpha value is -3.47. The highest BCUT2D eigenvalue weighted by Crippen LogP contribution is 2.26. The van der Waals surface area contributed by atoms with Crippen LogP contribution >= 0.6 is 0 Å². The lowest BCUT2D eigenvalue weighted by molar-refractivity contribution is -0.274. The van der Waals surface area contributed by atoms with Gasteiger partial charge in [0.2, 0.25) is 0 Å². The molecule has 0 atom stereocenters. The zero-order chi connectivity index (χ0) is 20.0. The average molecular weight is 385 g/mol. The molecular formula is C16H11F4N3O4. The molecule has 0 aliphatic carbocycles. The van der Waals surface area contributed by atoms with Crippen molar-refractivity contribution in [3.63, 3.8) is 0 Å². The Labute approximate surface area is 149 Å². The van der Waals surface area contributed by atoms with Gasteiger partial charge in [-0.15, -0.1) is 13.2 Å². The molecule has 0 radical (unpaired) electrons. The summed E-state index contributed by atoms with van der Waals surface area (Å²) >= 11 is 0. The molecule has 11 heteroatoms. The maximum Gasteiger partial charge on any atom is 0.573 e. The first-order valence-corrected chi connectivity index (χ1v) is 7.13. The van der Waals surface area contributed by atoms with Crippen molar-refractivity contribution < 1.29 is 37.1 Å². The minimum absolute atomic E-state index is 0.121. The van der Waals surface area contributed by atoms with Gasteiger partial charge in [-0.3, -0.25) is 14.8 Å². The van der Waals surface area contributed by atoms with Gasteiger partial charge in [-0.1, -0.05) is 12.1 Å². The molecule has 0 aliphatic rings. The van der Waals surface area contributed by atoms with Crippen LogP contribution in [0.4, 0.5) is 17.6 Å². The maximum absolute atomic E-state index is 13.8. The van der Waals surface area contributed by atoms with Crippen LogP contribution in [-0.2, 0) is 0 Å². The predicted molar refractivity (Wildman–Crippen MR) is 83.8 cm³/mol. The summed E-state index contributed by atoms with van der Waals surface area (Å²) in [7, 11) is 0. The van der Waals surface area contributed by atoms with Gasteiger partial charge in [0.1, 0.15) is 11.6 Å². The van der Waals surface area contributed by atoms with Crippen LogP contribution in [0.2, 0.25) is 0 Å². The summed E-state index contributed by atoms with van der Waals surface area (Å²) in [6.07, 6.45) is -4.09. The number of ether oxygens (including phenoxy) is 1. The van der Waals surface area contributed by atoms with E-state index in [1.54, 1.807) is 0 Å². The molecule has 3 N–H and O–H groups in total. The number of nitrogens with one attached hydrogen (secondary N) is 2. The van der Waals surface area contributed by atoms with E-state index in [0.29, 0.717) is 0 Å². The van der Waals surface area contributed by atoms with Gasteiger partial charge in [0.25, 0.3) is 11.8 Å². The number of hydrogen-bond donors (Lipinski definition) is 3. The van der Waals surface area contributed by atoms with E-state index in [1.807, 2.05) is 5.43 Å². The van der Waals surface area contributed by atoms with Crippen LogP contribution in [0.1, 0.15) is 26.3 Å². The van der Waals surface area contributed by atoms with Gasteiger partial charge >= 0.3 is 6.36 Å². The van der Waals surface area contributed by atoms with E-state index in [4.69, 9.17) is 5.21 Å². The van der Waals surface area contributed by atoms with Gasteiger partial charge in [-0.05, 0) is 30.3 Å². The van der Waals surface area contributed by atoms with E-state index < -0.39 is 35.3 Å². The number of carbonyl (C=O) groups excluding carboxylic acids is 2. The Balaban J connectivity index is 2.11. The standard InChI is InChI=1S/C16H11F4N3O4/c17-12-7-9(14(24)23-26)5-6-10(12)8-21-22-15(25)11-3-1-2-4-13(11)27-16(18,19)20/h1-8,26H,(H,22,25)(H,23,24)/b21-8+. The average Bonchev–Trinajstić information content (AvgIpc) is 2.61. The lowest BCUT2D eigenvalue weighted by Crippen LogP contribution is -2.22. The minimum Gasteiger partial charge on any atom is -0.405 e. The van der Waals surface area contributed by atoms with Crippen molar-refractivity contribution in [1.29, 1.82) is 0 Å². The van der Waals surface area contributed by atoms with E-state index in [0.717, 1.165) is 30.5 Å². The highest BCUT2D eigenvalue weighted by Gasteiger charge is 2.32. The maximum atomic E-state index is 13.8. The first-order valence-electron chi connectivity index (χ1n) is 7.13. The van der Waals surface area contributed by atoms with Crippen molar-refractivity contribution >= 4 is 18.0 Å². The Bertz CT molecular complexity index is 884. The predicted octanol–water partition coefficient (Wildman–Crippen LogP) is 2.61. The SMILES string of the molecule is O=C(NO)c1ccc(/C=N/NC(=O)c2ccccc2OC(F)(F)F)c(F)c1. The van der Waals surface area contributed by atoms with E-state index in [-0.39, 0.29) is 11.1 Å². The Kier molecular flexibility index (Phi) is 6.08. The second-order valence-electron chi connectivity index (χ2n) is 4.92. The molecule has 142 valence electrons. The molecule has 2 aromatic rings. The van der Waals surface area contributed by atoms with Gasteiger partial charge in [0.15, 0.2) is 0 Å². The third-order valence-electron chi connectivity index (χ3n) is 3.09. The zero-order valence-electron chi connectivity index (χ0n) is 13.2. The summed E-state index contributed by atoms with van der Waals surface area (Å²) in [5.74, 6) is -3.53. The smallest absolute Gasteiger partial charge is 0.405 e. The summed E-state index contributed by atoms with van der Waals surface area (Å²) in [6.45, 7) is 0. The number of para-hydroxylation sites is 1. The molecule has 0 unspecified atom stereocenters. The van der Waals surface area contributed by atoms with E-state index in [2.05, 4.69) is 9.84 Å². The van der Waals surface area contributed by atoms with Gasteiger partial charge in [-0.2, -0.15) is 5.10 Å².